The van der Waals surface area contributed by atoms with Gasteiger partial charge in [-0.2, -0.15) is 0 Å². The van der Waals surface area contributed by atoms with E-state index >= 15 is 0 Å². The lowest BCUT2D eigenvalue weighted by molar-refractivity contribution is 0.550. The fourth-order valence-corrected chi connectivity index (χ4v) is 2.12. The van der Waals surface area contributed by atoms with Crippen LogP contribution < -0.4 is 5.32 Å². The summed E-state index contributed by atoms with van der Waals surface area (Å²) >= 11 is 0. The number of aryl methyl sites for hydroxylation is 1. The van der Waals surface area contributed by atoms with Crippen LogP contribution in [0.4, 0.5) is 4.39 Å². The summed E-state index contributed by atoms with van der Waals surface area (Å²) in [6.07, 6.45) is 3.61. The quantitative estimate of drug-likeness (QED) is 0.878. The molecule has 1 aromatic carbocycles. The number of rotatable bonds is 6. The van der Waals surface area contributed by atoms with Gasteiger partial charge in [0.1, 0.15) is 11.6 Å². The predicted molar refractivity (Wildman–Crippen MR) is 79.0 cm³/mol. The average Bonchev–Trinajstić information content (AvgIpc) is 2.78. The van der Waals surface area contributed by atoms with Crippen LogP contribution in [-0.4, -0.2) is 16.1 Å². The van der Waals surface area contributed by atoms with E-state index < -0.39 is 0 Å². The van der Waals surface area contributed by atoms with Crippen LogP contribution in [0.5, 0.6) is 0 Å². The molecule has 0 saturated heterocycles. The molecule has 0 radical (unpaired) electrons. The van der Waals surface area contributed by atoms with Gasteiger partial charge in [-0.1, -0.05) is 19.9 Å². The Balaban J connectivity index is 2.07. The molecule has 0 amide bonds. The molecule has 0 spiro atoms. The standard InChI is InChI=1S/C16H22FN3/c1-12(2)9-18-10-14-4-5-16(17)15(8-14)11-20-7-6-19-13(20)3/h4-8,12,18H,9-11H2,1-3H3. The largest absolute Gasteiger partial charge is 0.331 e. The lowest BCUT2D eigenvalue weighted by Crippen LogP contribution is -2.19. The molecule has 0 atom stereocenters. The van der Waals surface area contributed by atoms with E-state index in [1.54, 1.807) is 12.3 Å². The summed E-state index contributed by atoms with van der Waals surface area (Å²) in [5.74, 6) is 1.35. The first-order chi connectivity index (χ1) is 9.56. The molecule has 0 unspecified atom stereocenters. The van der Waals surface area contributed by atoms with Gasteiger partial charge in [0.05, 0.1) is 6.54 Å². The van der Waals surface area contributed by atoms with E-state index in [9.17, 15) is 4.39 Å². The van der Waals surface area contributed by atoms with Gasteiger partial charge in [0.25, 0.3) is 0 Å². The van der Waals surface area contributed by atoms with E-state index in [4.69, 9.17) is 0 Å². The topological polar surface area (TPSA) is 29.9 Å². The second-order valence-electron chi connectivity index (χ2n) is 5.55. The second kappa shape index (κ2) is 6.66. The van der Waals surface area contributed by atoms with Crippen molar-refractivity contribution >= 4 is 0 Å². The van der Waals surface area contributed by atoms with E-state index in [1.807, 2.05) is 29.8 Å². The van der Waals surface area contributed by atoms with E-state index in [1.165, 1.54) is 0 Å². The summed E-state index contributed by atoms with van der Waals surface area (Å²) in [6, 6.07) is 5.32. The highest BCUT2D eigenvalue weighted by Crippen LogP contribution is 2.13. The molecule has 3 nitrogen and oxygen atoms in total. The van der Waals surface area contributed by atoms with Crippen molar-refractivity contribution in [1.29, 1.82) is 0 Å². The Kier molecular flexibility index (Phi) is 4.90. The maximum absolute atomic E-state index is 13.9. The van der Waals surface area contributed by atoms with Gasteiger partial charge < -0.3 is 9.88 Å². The third-order valence-corrected chi connectivity index (χ3v) is 3.26. The number of halogens is 1. The number of benzene rings is 1. The Morgan fingerprint density at radius 2 is 2.15 bits per heavy atom. The minimum Gasteiger partial charge on any atom is -0.331 e. The Bertz CT molecular complexity index is 561. The number of imidazole rings is 1. The van der Waals surface area contributed by atoms with Crippen molar-refractivity contribution in [3.8, 4) is 0 Å². The van der Waals surface area contributed by atoms with Crippen molar-refractivity contribution in [3.05, 3.63) is 53.4 Å². The van der Waals surface area contributed by atoms with E-state index in [2.05, 4.69) is 24.1 Å². The number of nitrogens with one attached hydrogen (secondary N) is 1. The van der Waals surface area contributed by atoms with Crippen LogP contribution in [0.25, 0.3) is 0 Å². The minimum atomic E-state index is -0.161. The van der Waals surface area contributed by atoms with Crippen molar-refractivity contribution in [2.24, 2.45) is 5.92 Å². The molecule has 0 aliphatic carbocycles. The highest BCUT2D eigenvalue weighted by atomic mass is 19.1. The van der Waals surface area contributed by atoms with Gasteiger partial charge in [-0.15, -0.1) is 0 Å². The fraction of sp³-hybridized carbons (Fsp3) is 0.438. The van der Waals surface area contributed by atoms with Gasteiger partial charge in [-0.25, -0.2) is 9.37 Å². The molecule has 1 N–H and O–H groups in total. The van der Waals surface area contributed by atoms with Gasteiger partial charge in [-0.3, -0.25) is 0 Å². The maximum Gasteiger partial charge on any atom is 0.128 e. The SMILES string of the molecule is Cc1nccn1Cc1cc(CNCC(C)C)ccc1F. The summed E-state index contributed by atoms with van der Waals surface area (Å²) < 4.78 is 15.8. The zero-order valence-corrected chi connectivity index (χ0v) is 12.4. The molecule has 1 aromatic heterocycles. The number of aromatic nitrogens is 2. The van der Waals surface area contributed by atoms with Crippen LogP contribution in [-0.2, 0) is 13.1 Å². The van der Waals surface area contributed by atoms with E-state index in [-0.39, 0.29) is 5.82 Å². The first kappa shape index (κ1) is 14.7. The molecule has 108 valence electrons. The van der Waals surface area contributed by atoms with Crippen LogP contribution in [0, 0.1) is 18.7 Å². The van der Waals surface area contributed by atoms with Crippen LogP contribution >= 0.6 is 0 Å². The predicted octanol–water partition coefficient (Wildman–Crippen LogP) is 3.12. The van der Waals surface area contributed by atoms with E-state index in [0.717, 1.165) is 24.5 Å². The smallest absolute Gasteiger partial charge is 0.128 e. The Labute approximate surface area is 119 Å². The third-order valence-electron chi connectivity index (χ3n) is 3.26. The molecule has 20 heavy (non-hydrogen) atoms. The molecule has 1 heterocycles. The summed E-state index contributed by atoms with van der Waals surface area (Å²) in [4.78, 5) is 4.16. The highest BCUT2D eigenvalue weighted by Gasteiger charge is 2.06. The molecule has 0 bridgehead atoms. The highest BCUT2D eigenvalue weighted by molar-refractivity contribution is 5.25. The first-order valence-corrected chi connectivity index (χ1v) is 7.02. The average molecular weight is 275 g/mol. The molecule has 0 aliphatic heterocycles. The van der Waals surface area contributed by atoms with E-state index in [0.29, 0.717) is 18.0 Å². The van der Waals surface area contributed by atoms with Crippen molar-refractivity contribution in [3.63, 3.8) is 0 Å². The molecule has 2 aromatic rings. The number of hydrogen-bond donors (Lipinski definition) is 1. The zero-order chi connectivity index (χ0) is 14.5. The van der Waals surface area contributed by atoms with Gasteiger partial charge in [0.15, 0.2) is 0 Å². The molecule has 2 rings (SSSR count). The molecule has 0 saturated carbocycles. The Morgan fingerprint density at radius 3 is 2.80 bits per heavy atom. The summed E-state index contributed by atoms with van der Waals surface area (Å²) in [7, 11) is 0. The normalized spacial score (nSPS) is 11.2. The third kappa shape index (κ3) is 3.90. The maximum atomic E-state index is 13.9. The van der Waals surface area contributed by atoms with Crippen LogP contribution in [0.3, 0.4) is 0 Å². The summed E-state index contributed by atoms with van der Waals surface area (Å²) in [5.41, 5.74) is 1.81. The monoisotopic (exact) mass is 275 g/mol. The number of hydrogen-bond acceptors (Lipinski definition) is 2. The lowest BCUT2D eigenvalue weighted by Gasteiger charge is -2.11. The molecule has 4 heteroatoms. The lowest BCUT2D eigenvalue weighted by atomic mass is 10.1. The minimum absolute atomic E-state index is 0.161. The number of nitrogens with zero attached hydrogens (tertiary/aromatic N) is 2. The molecular formula is C16H22FN3. The van der Waals surface area contributed by atoms with Crippen molar-refractivity contribution in [2.75, 3.05) is 6.54 Å². The van der Waals surface area contributed by atoms with Crippen molar-refractivity contribution in [1.82, 2.24) is 14.9 Å². The fourth-order valence-electron chi connectivity index (χ4n) is 2.12. The Morgan fingerprint density at radius 1 is 1.35 bits per heavy atom. The molecule has 0 aliphatic rings. The van der Waals surface area contributed by atoms with Gasteiger partial charge in [0.2, 0.25) is 0 Å². The van der Waals surface area contributed by atoms with Gasteiger partial charge in [-0.05, 0) is 37.1 Å². The van der Waals surface area contributed by atoms with Crippen LogP contribution in [0.1, 0.15) is 30.8 Å². The van der Waals surface area contributed by atoms with Crippen molar-refractivity contribution < 1.29 is 4.39 Å². The van der Waals surface area contributed by atoms with Gasteiger partial charge >= 0.3 is 0 Å². The Hall–Kier alpha value is -1.68. The first-order valence-electron chi connectivity index (χ1n) is 7.02. The van der Waals surface area contributed by atoms with Gasteiger partial charge in [0, 0.05) is 24.5 Å². The zero-order valence-electron chi connectivity index (χ0n) is 12.4. The van der Waals surface area contributed by atoms with Crippen LogP contribution in [0.2, 0.25) is 0 Å². The van der Waals surface area contributed by atoms with Crippen LogP contribution in [0.15, 0.2) is 30.6 Å². The second-order valence-corrected chi connectivity index (χ2v) is 5.55. The van der Waals surface area contributed by atoms with Crippen molar-refractivity contribution in [2.45, 2.75) is 33.9 Å². The molecular weight excluding hydrogens is 253 g/mol. The summed E-state index contributed by atoms with van der Waals surface area (Å²) in [6.45, 7) is 8.53. The molecule has 0 fully saturated rings. The summed E-state index contributed by atoms with van der Waals surface area (Å²) in [5, 5.41) is 3.38.